The van der Waals surface area contributed by atoms with Gasteiger partial charge in [0.15, 0.2) is 5.82 Å². The number of carbonyl (C=O) groups excluding carboxylic acids is 1. The van der Waals surface area contributed by atoms with Gasteiger partial charge in [-0.25, -0.2) is 4.79 Å². The van der Waals surface area contributed by atoms with E-state index in [0.29, 0.717) is 18.9 Å². The van der Waals surface area contributed by atoms with E-state index in [1.54, 1.807) is 39.8 Å². The fourth-order valence-corrected chi connectivity index (χ4v) is 2.43. The lowest BCUT2D eigenvalue weighted by Gasteiger charge is -2.16. The summed E-state index contributed by atoms with van der Waals surface area (Å²) in [6, 6.07) is 7.43. The van der Waals surface area contributed by atoms with Gasteiger partial charge < -0.3 is 4.90 Å². The Morgan fingerprint density at radius 2 is 2.20 bits per heavy atom. The Balaban J connectivity index is 1.51. The van der Waals surface area contributed by atoms with Crippen LogP contribution in [0.15, 0.2) is 49.1 Å². The van der Waals surface area contributed by atoms with Crippen molar-refractivity contribution in [3.8, 4) is 0 Å². The minimum absolute atomic E-state index is 0.209. The second kappa shape index (κ2) is 7.61. The van der Waals surface area contributed by atoms with Crippen LogP contribution in [-0.2, 0) is 26.6 Å². The van der Waals surface area contributed by atoms with E-state index in [0.717, 1.165) is 17.7 Å². The van der Waals surface area contributed by atoms with Gasteiger partial charge in [-0.1, -0.05) is 6.07 Å². The number of nitrogens with one attached hydrogen (secondary N) is 1. The van der Waals surface area contributed by atoms with Crippen molar-refractivity contribution >= 4 is 11.8 Å². The van der Waals surface area contributed by atoms with Crippen molar-refractivity contribution in [1.29, 1.82) is 0 Å². The molecule has 25 heavy (non-hydrogen) atoms. The van der Waals surface area contributed by atoms with E-state index < -0.39 is 0 Å². The van der Waals surface area contributed by atoms with Gasteiger partial charge in [-0.15, -0.1) is 0 Å². The third-order valence-electron chi connectivity index (χ3n) is 3.72. The SMILES string of the molecule is CN(Cc1cnn(C)c1)C(=O)Nc1ccn(CCc2ccccn2)n1. The molecule has 8 nitrogen and oxygen atoms in total. The smallest absolute Gasteiger partial charge is 0.323 e. The first-order valence-corrected chi connectivity index (χ1v) is 8.03. The van der Waals surface area contributed by atoms with Crippen LogP contribution in [0.5, 0.6) is 0 Å². The normalized spacial score (nSPS) is 10.6. The zero-order valence-corrected chi connectivity index (χ0v) is 14.3. The zero-order valence-electron chi connectivity index (χ0n) is 14.3. The van der Waals surface area contributed by atoms with Crippen LogP contribution in [0, 0.1) is 0 Å². The average molecular weight is 339 g/mol. The molecule has 8 heteroatoms. The van der Waals surface area contributed by atoms with Gasteiger partial charge in [0, 0.05) is 63.0 Å². The van der Waals surface area contributed by atoms with Crippen molar-refractivity contribution < 1.29 is 4.79 Å². The predicted octanol–water partition coefficient (Wildman–Crippen LogP) is 1.92. The molecule has 3 aromatic heterocycles. The Bertz CT molecular complexity index is 824. The van der Waals surface area contributed by atoms with Crippen LogP contribution >= 0.6 is 0 Å². The molecule has 1 N–H and O–H groups in total. The Hall–Kier alpha value is -3.16. The Morgan fingerprint density at radius 3 is 2.92 bits per heavy atom. The molecule has 0 unspecified atom stereocenters. The molecule has 0 aliphatic rings. The van der Waals surface area contributed by atoms with Gasteiger partial charge in [0.25, 0.3) is 0 Å². The monoisotopic (exact) mass is 339 g/mol. The number of aryl methyl sites for hydroxylation is 3. The van der Waals surface area contributed by atoms with Crippen LogP contribution < -0.4 is 5.32 Å². The van der Waals surface area contributed by atoms with Crippen LogP contribution in [0.2, 0.25) is 0 Å². The molecule has 0 atom stereocenters. The molecule has 0 aliphatic heterocycles. The van der Waals surface area contributed by atoms with E-state index in [9.17, 15) is 4.79 Å². The molecule has 3 rings (SSSR count). The number of hydrogen-bond acceptors (Lipinski definition) is 4. The van der Waals surface area contributed by atoms with Gasteiger partial charge in [-0.05, 0) is 12.1 Å². The molecule has 0 saturated carbocycles. The molecule has 0 fully saturated rings. The van der Waals surface area contributed by atoms with Crippen LogP contribution in [0.1, 0.15) is 11.3 Å². The molecule has 0 bridgehead atoms. The van der Waals surface area contributed by atoms with Crippen molar-refractivity contribution in [3.05, 3.63) is 60.3 Å². The maximum Gasteiger partial charge on any atom is 0.323 e. The summed E-state index contributed by atoms with van der Waals surface area (Å²) in [5.74, 6) is 0.532. The summed E-state index contributed by atoms with van der Waals surface area (Å²) in [6.07, 6.45) is 8.05. The largest absolute Gasteiger partial charge is 0.323 e. The van der Waals surface area contributed by atoms with Crippen molar-refractivity contribution in [2.45, 2.75) is 19.5 Å². The third kappa shape index (κ3) is 4.66. The molecule has 3 aromatic rings. The lowest BCUT2D eigenvalue weighted by atomic mass is 10.3. The number of aromatic nitrogens is 5. The highest BCUT2D eigenvalue weighted by Gasteiger charge is 2.11. The number of rotatable bonds is 6. The standard InChI is InChI=1S/C17H21N7O/c1-22(12-14-11-19-23(2)13-14)17(25)20-16-7-10-24(21-16)9-6-15-5-3-4-8-18-15/h3-5,7-8,10-11,13H,6,9,12H2,1-2H3,(H,20,21,25). The number of amides is 2. The molecule has 0 radical (unpaired) electrons. The molecule has 0 spiro atoms. The highest BCUT2D eigenvalue weighted by molar-refractivity contribution is 5.87. The summed E-state index contributed by atoms with van der Waals surface area (Å²) in [4.78, 5) is 18.1. The van der Waals surface area contributed by atoms with Gasteiger partial charge in [0.05, 0.1) is 12.7 Å². The topological polar surface area (TPSA) is 80.9 Å². The number of pyridine rings is 1. The van der Waals surface area contributed by atoms with Gasteiger partial charge in [0.2, 0.25) is 0 Å². The van der Waals surface area contributed by atoms with Crippen molar-refractivity contribution in [3.63, 3.8) is 0 Å². The van der Waals surface area contributed by atoms with Gasteiger partial charge >= 0.3 is 6.03 Å². The molecule has 0 saturated heterocycles. The first kappa shape index (κ1) is 16.7. The van der Waals surface area contributed by atoms with Gasteiger partial charge in [-0.2, -0.15) is 10.2 Å². The van der Waals surface area contributed by atoms with Crippen molar-refractivity contribution in [2.24, 2.45) is 7.05 Å². The highest BCUT2D eigenvalue weighted by Crippen LogP contribution is 2.07. The maximum atomic E-state index is 12.2. The summed E-state index contributed by atoms with van der Waals surface area (Å²) < 4.78 is 3.51. The van der Waals surface area contributed by atoms with Gasteiger partial charge in [0.1, 0.15) is 0 Å². The van der Waals surface area contributed by atoms with E-state index in [4.69, 9.17) is 0 Å². The van der Waals surface area contributed by atoms with Crippen molar-refractivity contribution in [2.75, 3.05) is 12.4 Å². The second-order valence-electron chi connectivity index (χ2n) is 5.84. The molecular formula is C17H21N7O. The number of anilines is 1. The summed E-state index contributed by atoms with van der Waals surface area (Å²) in [5, 5.41) is 11.3. The fourth-order valence-electron chi connectivity index (χ4n) is 2.43. The zero-order chi connectivity index (χ0) is 17.6. The van der Waals surface area contributed by atoms with Crippen LogP contribution in [0.4, 0.5) is 10.6 Å². The second-order valence-corrected chi connectivity index (χ2v) is 5.84. The van der Waals surface area contributed by atoms with Crippen molar-refractivity contribution in [1.82, 2.24) is 29.4 Å². The lowest BCUT2D eigenvalue weighted by molar-refractivity contribution is 0.220. The van der Waals surface area contributed by atoms with Crippen LogP contribution in [0.25, 0.3) is 0 Å². The number of nitrogens with zero attached hydrogens (tertiary/aromatic N) is 6. The summed E-state index contributed by atoms with van der Waals surface area (Å²) in [7, 11) is 3.58. The summed E-state index contributed by atoms with van der Waals surface area (Å²) in [5.41, 5.74) is 1.99. The van der Waals surface area contributed by atoms with E-state index in [1.807, 2.05) is 37.6 Å². The first-order valence-electron chi connectivity index (χ1n) is 8.03. The number of urea groups is 1. The van der Waals surface area contributed by atoms with Crippen LogP contribution in [0.3, 0.4) is 0 Å². The van der Waals surface area contributed by atoms with E-state index in [-0.39, 0.29) is 6.03 Å². The average Bonchev–Trinajstić information content (AvgIpc) is 3.23. The van der Waals surface area contributed by atoms with Crippen LogP contribution in [-0.4, -0.2) is 42.5 Å². The number of carbonyl (C=O) groups is 1. The molecule has 0 aromatic carbocycles. The fraction of sp³-hybridized carbons (Fsp3) is 0.294. The Labute approximate surface area is 146 Å². The minimum Gasteiger partial charge on any atom is -0.323 e. The van der Waals surface area contributed by atoms with E-state index in [1.165, 1.54) is 0 Å². The first-order chi connectivity index (χ1) is 12.1. The summed E-state index contributed by atoms with van der Waals surface area (Å²) >= 11 is 0. The van der Waals surface area contributed by atoms with E-state index >= 15 is 0 Å². The Kier molecular flexibility index (Phi) is 5.08. The molecule has 3 heterocycles. The molecular weight excluding hydrogens is 318 g/mol. The molecule has 0 aliphatic carbocycles. The molecule has 130 valence electrons. The highest BCUT2D eigenvalue weighted by atomic mass is 16.2. The predicted molar refractivity (Wildman–Crippen MR) is 93.9 cm³/mol. The van der Waals surface area contributed by atoms with Gasteiger partial charge in [-0.3, -0.25) is 19.7 Å². The van der Waals surface area contributed by atoms with E-state index in [2.05, 4.69) is 20.5 Å². The third-order valence-corrected chi connectivity index (χ3v) is 3.72. The minimum atomic E-state index is -0.209. The quantitative estimate of drug-likeness (QED) is 0.744. The molecule has 2 amide bonds. The summed E-state index contributed by atoms with van der Waals surface area (Å²) in [6.45, 7) is 1.19. The maximum absolute atomic E-state index is 12.2. The lowest BCUT2D eigenvalue weighted by Crippen LogP contribution is -2.30. The Morgan fingerprint density at radius 1 is 1.32 bits per heavy atom. The number of hydrogen-bond donors (Lipinski definition) is 1.